The van der Waals surface area contributed by atoms with Crippen LogP contribution < -0.4 is 0 Å². The molecule has 0 aromatic carbocycles. The van der Waals surface area contributed by atoms with Gasteiger partial charge in [0.05, 0.1) is 13.2 Å². The molecule has 0 spiro atoms. The van der Waals surface area contributed by atoms with Crippen molar-refractivity contribution in [3.8, 4) is 0 Å². The molecule has 6 heteroatoms. The highest BCUT2D eigenvalue weighted by atomic mass is 16.7. The average Bonchev–Trinajstić information content (AvgIpc) is 2.93. The molecule has 0 saturated heterocycles. The molecule has 2 rings (SSSR count). The van der Waals surface area contributed by atoms with Gasteiger partial charge in [-0.15, -0.1) is 0 Å². The molecule has 2 bridgehead atoms. The van der Waals surface area contributed by atoms with Gasteiger partial charge in [-0.1, -0.05) is 6.58 Å². The van der Waals surface area contributed by atoms with E-state index in [-0.39, 0.29) is 50.2 Å². The number of methoxy groups -OCH3 is 2. The zero-order valence-electron chi connectivity index (χ0n) is 12.6. The summed E-state index contributed by atoms with van der Waals surface area (Å²) in [6.45, 7) is 4.83. The maximum absolute atomic E-state index is 12.1. The molecule has 6 nitrogen and oxygen atoms in total. The highest BCUT2D eigenvalue weighted by Crippen LogP contribution is 2.58. The van der Waals surface area contributed by atoms with Crippen molar-refractivity contribution in [2.24, 2.45) is 17.3 Å². The highest BCUT2D eigenvalue weighted by Gasteiger charge is 2.64. The van der Waals surface area contributed by atoms with Crippen molar-refractivity contribution in [2.75, 3.05) is 41.0 Å². The Hall–Kier alpha value is -1.08. The smallest absolute Gasteiger partial charge is 0.202 e. The number of ketones is 2. The van der Waals surface area contributed by atoms with Crippen LogP contribution in [0.1, 0.15) is 12.8 Å². The Kier molecular flexibility index (Phi) is 5.27. The lowest BCUT2D eigenvalue weighted by molar-refractivity contribution is -0.138. The summed E-state index contributed by atoms with van der Waals surface area (Å²) in [7, 11) is 3.06. The lowest BCUT2D eigenvalue weighted by Gasteiger charge is -2.34. The molecule has 0 amide bonds. The van der Waals surface area contributed by atoms with E-state index < -0.39 is 5.41 Å². The minimum absolute atomic E-state index is 0.121. The molecule has 2 fully saturated rings. The van der Waals surface area contributed by atoms with Crippen molar-refractivity contribution in [1.82, 2.24) is 0 Å². The number of rotatable bonds is 9. The molecule has 0 aromatic heterocycles. The van der Waals surface area contributed by atoms with E-state index >= 15 is 0 Å². The molecule has 0 aromatic rings. The Bertz CT molecular complexity index is 408. The van der Waals surface area contributed by atoms with Crippen LogP contribution >= 0.6 is 0 Å². The van der Waals surface area contributed by atoms with Crippen LogP contribution in [-0.4, -0.2) is 52.6 Å². The fourth-order valence-corrected chi connectivity index (χ4v) is 3.64. The molecule has 21 heavy (non-hydrogen) atoms. The van der Waals surface area contributed by atoms with Gasteiger partial charge in [-0.3, -0.25) is 9.59 Å². The topological polar surface area (TPSA) is 71.1 Å². The van der Waals surface area contributed by atoms with Crippen LogP contribution in [0, 0.1) is 17.3 Å². The van der Waals surface area contributed by atoms with Crippen molar-refractivity contribution in [3.63, 3.8) is 0 Å². The van der Waals surface area contributed by atoms with E-state index in [2.05, 4.69) is 6.58 Å². The summed E-state index contributed by atoms with van der Waals surface area (Å²) >= 11 is 0. The van der Waals surface area contributed by atoms with Gasteiger partial charge in [-0.25, -0.2) is 0 Å². The van der Waals surface area contributed by atoms with Gasteiger partial charge in [0.25, 0.3) is 0 Å². The number of Topliss-reactive ketones (excluding diaryl/α,β-unsaturated/α-hetero) is 2. The van der Waals surface area contributed by atoms with Crippen molar-refractivity contribution in [3.05, 3.63) is 12.2 Å². The predicted molar refractivity (Wildman–Crippen MR) is 73.5 cm³/mol. The summed E-state index contributed by atoms with van der Waals surface area (Å²) in [5, 5.41) is 0. The monoisotopic (exact) mass is 298 g/mol. The first-order chi connectivity index (χ1) is 10.1. The SMILES string of the molecule is C=C(COCOC)C1(COCOC)[C@@H]2CC[C@H]1C(=O)C2=O. The van der Waals surface area contributed by atoms with E-state index in [0.29, 0.717) is 12.8 Å². The van der Waals surface area contributed by atoms with Gasteiger partial charge in [0.2, 0.25) is 11.6 Å². The molecule has 2 aliphatic rings. The van der Waals surface area contributed by atoms with E-state index in [4.69, 9.17) is 18.9 Å². The standard InChI is InChI=1S/C15H22O6/c1-10(6-20-8-18-2)15(7-21-9-19-3)11-4-5-12(15)14(17)13(11)16/h11-12H,1,4-9H2,2-3H3/t11-,12+,15?. The van der Waals surface area contributed by atoms with Crippen LogP contribution in [0.4, 0.5) is 0 Å². The van der Waals surface area contributed by atoms with Gasteiger partial charge >= 0.3 is 0 Å². The number of fused-ring (bicyclic) bond motifs is 2. The molecule has 0 heterocycles. The quantitative estimate of drug-likeness (QED) is 0.273. The van der Waals surface area contributed by atoms with Crippen molar-refractivity contribution in [1.29, 1.82) is 0 Å². The number of hydrogen-bond acceptors (Lipinski definition) is 6. The summed E-state index contributed by atoms with van der Waals surface area (Å²) < 4.78 is 20.6. The Morgan fingerprint density at radius 3 is 2.14 bits per heavy atom. The minimum Gasteiger partial charge on any atom is -0.359 e. The Morgan fingerprint density at radius 1 is 1.10 bits per heavy atom. The average molecular weight is 298 g/mol. The predicted octanol–water partition coefficient (Wildman–Crippen LogP) is 0.948. The Labute approximate surface area is 124 Å². The lowest BCUT2D eigenvalue weighted by atomic mass is 9.72. The highest BCUT2D eigenvalue weighted by molar-refractivity contribution is 6.42. The lowest BCUT2D eigenvalue weighted by Crippen LogP contribution is -2.37. The van der Waals surface area contributed by atoms with Gasteiger partial charge in [-0.2, -0.15) is 0 Å². The van der Waals surface area contributed by atoms with E-state index in [0.717, 1.165) is 5.57 Å². The molecule has 118 valence electrons. The van der Waals surface area contributed by atoms with Crippen LogP contribution in [0.15, 0.2) is 12.2 Å². The van der Waals surface area contributed by atoms with E-state index in [1.165, 1.54) is 14.2 Å². The third-order valence-electron chi connectivity index (χ3n) is 4.54. The third-order valence-corrected chi connectivity index (χ3v) is 4.54. The first-order valence-corrected chi connectivity index (χ1v) is 6.99. The van der Waals surface area contributed by atoms with Crippen LogP contribution in [0.3, 0.4) is 0 Å². The normalized spacial score (nSPS) is 31.1. The second-order valence-electron chi connectivity index (χ2n) is 5.56. The van der Waals surface area contributed by atoms with Crippen molar-refractivity contribution in [2.45, 2.75) is 12.8 Å². The zero-order valence-corrected chi connectivity index (χ0v) is 12.6. The van der Waals surface area contributed by atoms with Crippen LogP contribution in [0.5, 0.6) is 0 Å². The Morgan fingerprint density at radius 2 is 1.62 bits per heavy atom. The first-order valence-electron chi connectivity index (χ1n) is 6.99. The molecular weight excluding hydrogens is 276 g/mol. The van der Waals surface area contributed by atoms with Crippen LogP contribution in [-0.2, 0) is 28.5 Å². The van der Waals surface area contributed by atoms with E-state index in [9.17, 15) is 9.59 Å². The molecule has 3 atom stereocenters. The van der Waals surface area contributed by atoms with E-state index in [1.807, 2.05) is 0 Å². The molecular formula is C15H22O6. The largest absolute Gasteiger partial charge is 0.359 e. The number of hydrogen-bond donors (Lipinski definition) is 0. The van der Waals surface area contributed by atoms with Crippen LogP contribution in [0.25, 0.3) is 0 Å². The van der Waals surface area contributed by atoms with E-state index in [1.54, 1.807) is 0 Å². The van der Waals surface area contributed by atoms with Crippen molar-refractivity contribution < 1.29 is 28.5 Å². The molecule has 2 aliphatic carbocycles. The zero-order chi connectivity index (χ0) is 15.5. The summed E-state index contributed by atoms with van der Waals surface area (Å²) in [5.41, 5.74) is 0.0721. The van der Waals surface area contributed by atoms with Gasteiger partial charge in [-0.05, 0) is 18.4 Å². The number of carbonyl (C=O) groups is 2. The second kappa shape index (κ2) is 6.79. The van der Waals surface area contributed by atoms with Gasteiger partial charge in [0, 0.05) is 31.5 Å². The van der Waals surface area contributed by atoms with Crippen LogP contribution in [0.2, 0.25) is 0 Å². The minimum atomic E-state index is -0.652. The summed E-state index contributed by atoms with van der Waals surface area (Å²) in [4.78, 5) is 24.2. The fraction of sp³-hybridized carbons (Fsp3) is 0.733. The molecule has 0 aliphatic heterocycles. The summed E-state index contributed by atoms with van der Waals surface area (Å²) in [6.07, 6.45) is 1.41. The molecule has 2 saturated carbocycles. The van der Waals surface area contributed by atoms with Crippen molar-refractivity contribution >= 4 is 11.6 Å². The third kappa shape index (κ3) is 2.68. The maximum Gasteiger partial charge on any atom is 0.202 e. The number of carbonyl (C=O) groups excluding carboxylic acids is 2. The van der Waals surface area contributed by atoms with Gasteiger partial charge in [0.1, 0.15) is 13.6 Å². The maximum atomic E-state index is 12.1. The second-order valence-corrected chi connectivity index (χ2v) is 5.56. The van der Waals surface area contributed by atoms with Gasteiger partial charge < -0.3 is 18.9 Å². The fourth-order valence-electron chi connectivity index (χ4n) is 3.64. The molecule has 1 unspecified atom stereocenters. The summed E-state index contributed by atoms with van der Waals surface area (Å²) in [5.74, 6) is -1.27. The first kappa shape index (κ1) is 16.3. The summed E-state index contributed by atoms with van der Waals surface area (Å²) in [6, 6.07) is 0. The Balaban J connectivity index is 2.18. The number of ether oxygens (including phenoxy) is 4. The molecule has 0 radical (unpaired) electrons. The van der Waals surface area contributed by atoms with Gasteiger partial charge in [0.15, 0.2) is 0 Å². The molecule has 0 N–H and O–H groups in total.